The average molecular weight is 227 g/mol. The Labute approximate surface area is 99.1 Å². The SMILES string of the molecule is CCCNC(C=C(C)C)C1(C)CCCS1. The Morgan fingerprint density at radius 2 is 2.27 bits per heavy atom. The van der Waals surface area contributed by atoms with Crippen LogP contribution < -0.4 is 5.32 Å². The van der Waals surface area contributed by atoms with Gasteiger partial charge in [0.25, 0.3) is 0 Å². The first-order valence-electron chi connectivity index (χ1n) is 6.11. The molecule has 1 heterocycles. The van der Waals surface area contributed by atoms with E-state index < -0.39 is 0 Å². The molecule has 0 aliphatic carbocycles. The molecule has 2 heteroatoms. The number of hydrogen-bond acceptors (Lipinski definition) is 2. The van der Waals surface area contributed by atoms with Crippen molar-refractivity contribution in [2.24, 2.45) is 0 Å². The number of allylic oxidation sites excluding steroid dienone is 1. The zero-order valence-corrected chi connectivity index (χ0v) is 11.4. The van der Waals surface area contributed by atoms with Crippen LogP contribution in [0, 0.1) is 0 Å². The van der Waals surface area contributed by atoms with Crippen LogP contribution in [0.3, 0.4) is 0 Å². The predicted octanol–water partition coefficient (Wildman–Crippen LogP) is 3.61. The fourth-order valence-corrected chi connectivity index (χ4v) is 3.50. The first-order valence-corrected chi connectivity index (χ1v) is 7.09. The first-order chi connectivity index (χ1) is 7.08. The Hall–Kier alpha value is 0.0500. The molecule has 1 rings (SSSR count). The number of thioether (sulfide) groups is 1. The molecule has 88 valence electrons. The van der Waals surface area contributed by atoms with Crippen molar-refractivity contribution in [3.05, 3.63) is 11.6 Å². The van der Waals surface area contributed by atoms with E-state index in [0.717, 1.165) is 6.54 Å². The van der Waals surface area contributed by atoms with Gasteiger partial charge >= 0.3 is 0 Å². The van der Waals surface area contributed by atoms with Crippen LogP contribution in [0.4, 0.5) is 0 Å². The van der Waals surface area contributed by atoms with Crippen molar-refractivity contribution in [1.29, 1.82) is 0 Å². The fourth-order valence-electron chi connectivity index (χ4n) is 2.13. The molecule has 2 unspecified atom stereocenters. The van der Waals surface area contributed by atoms with Crippen LogP contribution >= 0.6 is 11.8 Å². The lowest BCUT2D eigenvalue weighted by Crippen LogP contribution is -2.44. The van der Waals surface area contributed by atoms with Crippen molar-refractivity contribution in [2.75, 3.05) is 12.3 Å². The average Bonchev–Trinajstić information content (AvgIpc) is 2.60. The van der Waals surface area contributed by atoms with Crippen molar-refractivity contribution >= 4 is 11.8 Å². The third-order valence-electron chi connectivity index (χ3n) is 3.02. The maximum absolute atomic E-state index is 3.69. The molecular formula is C13H25NS. The van der Waals surface area contributed by atoms with Gasteiger partial charge in [0.05, 0.1) is 0 Å². The molecule has 0 bridgehead atoms. The molecule has 0 aromatic carbocycles. The van der Waals surface area contributed by atoms with E-state index in [4.69, 9.17) is 0 Å². The maximum Gasteiger partial charge on any atom is 0.0398 e. The largest absolute Gasteiger partial charge is 0.309 e. The van der Waals surface area contributed by atoms with Gasteiger partial charge < -0.3 is 5.32 Å². The number of rotatable bonds is 5. The van der Waals surface area contributed by atoms with E-state index in [1.165, 1.54) is 30.6 Å². The van der Waals surface area contributed by atoms with Crippen molar-refractivity contribution in [3.8, 4) is 0 Å². The highest BCUT2D eigenvalue weighted by Crippen LogP contribution is 2.41. The monoisotopic (exact) mass is 227 g/mol. The summed E-state index contributed by atoms with van der Waals surface area (Å²) < 4.78 is 0.423. The Bertz CT molecular complexity index is 213. The normalized spacial score (nSPS) is 27.7. The zero-order valence-electron chi connectivity index (χ0n) is 10.6. The quantitative estimate of drug-likeness (QED) is 0.720. The molecule has 1 aliphatic heterocycles. The van der Waals surface area contributed by atoms with Crippen LogP contribution in [0.2, 0.25) is 0 Å². The molecular weight excluding hydrogens is 202 g/mol. The lowest BCUT2D eigenvalue weighted by atomic mass is 9.94. The minimum absolute atomic E-state index is 0.423. The molecule has 2 atom stereocenters. The number of nitrogens with one attached hydrogen (secondary N) is 1. The summed E-state index contributed by atoms with van der Waals surface area (Å²) in [5.74, 6) is 1.33. The van der Waals surface area contributed by atoms with Gasteiger partial charge in [-0.3, -0.25) is 0 Å². The zero-order chi connectivity index (χ0) is 11.3. The van der Waals surface area contributed by atoms with Gasteiger partial charge in [-0.25, -0.2) is 0 Å². The summed E-state index contributed by atoms with van der Waals surface area (Å²) in [5, 5.41) is 3.69. The number of hydrogen-bond donors (Lipinski definition) is 1. The van der Waals surface area contributed by atoms with Crippen LogP contribution in [-0.4, -0.2) is 23.1 Å². The highest BCUT2D eigenvalue weighted by atomic mass is 32.2. The summed E-state index contributed by atoms with van der Waals surface area (Å²) in [5.41, 5.74) is 1.43. The van der Waals surface area contributed by atoms with E-state index in [1.807, 2.05) is 0 Å². The van der Waals surface area contributed by atoms with E-state index >= 15 is 0 Å². The smallest absolute Gasteiger partial charge is 0.0398 e. The standard InChI is InChI=1S/C13H25NS/c1-5-8-14-12(10-11(2)3)13(4)7-6-9-15-13/h10,12,14H,5-9H2,1-4H3. The molecule has 1 saturated heterocycles. The molecule has 0 aromatic rings. The van der Waals surface area contributed by atoms with E-state index in [9.17, 15) is 0 Å². The van der Waals surface area contributed by atoms with Crippen molar-refractivity contribution in [3.63, 3.8) is 0 Å². The van der Waals surface area contributed by atoms with Gasteiger partial charge in [-0.05, 0) is 52.3 Å². The van der Waals surface area contributed by atoms with E-state index in [0.29, 0.717) is 10.8 Å². The Morgan fingerprint density at radius 1 is 1.53 bits per heavy atom. The van der Waals surface area contributed by atoms with E-state index in [2.05, 4.69) is 50.8 Å². The third kappa shape index (κ3) is 3.84. The molecule has 0 spiro atoms. The summed E-state index contributed by atoms with van der Waals surface area (Å²) in [4.78, 5) is 0. The second kappa shape index (κ2) is 5.95. The highest BCUT2D eigenvalue weighted by Gasteiger charge is 2.36. The van der Waals surface area contributed by atoms with Gasteiger partial charge in [-0.1, -0.05) is 18.6 Å². The van der Waals surface area contributed by atoms with Crippen molar-refractivity contribution < 1.29 is 0 Å². The Balaban J connectivity index is 2.66. The van der Waals surface area contributed by atoms with Crippen LogP contribution in [0.15, 0.2) is 11.6 Å². The van der Waals surface area contributed by atoms with Gasteiger partial charge in [0.1, 0.15) is 0 Å². The molecule has 1 fully saturated rings. The minimum Gasteiger partial charge on any atom is -0.309 e. The molecule has 0 amide bonds. The molecule has 0 aromatic heterocycles. The van der Waals surface area contributed by atoms with E-state index in [1.54, 1.807) is 0 Å². The summed E-state index contributed by atoms with van der Waals surface area (Å²) in [6.07, 6.45) is 6.35. The molecule has 1 nitrogen and oxygen atoms in total. The second-order valence-electron chi connectivity index (χ2n) is 4.94. The van der Waals surface area contributed by atoms with Crippen molar-refractivity contribution in [1.82, 2.24) is 5.32 Å². The van der Waals surface area contributed by atoms with Gasteiger partial charge in [0.2, 0.25) is 0 Å². The van der Waals surface area contributed by atoms with Gasteiger partial charge in [-0.15, -0.1) is 0 Å². The molecule has 0 saturated carbocycles. The van der Waals surface area contributed by atoms with Gasteiger partial charge in [0.15, 0.2) is 0 Å². The summed E-state index contributed by atoms with van der Waals surface area (Å²) in [6, 6.07) is 0.551. The first kappa shape index (κ1) is 13.1. The van der Waals surface area contributed by atoms with Gasteiger partial charge in [0, 0.05) is 10.8 Å². The fraction of sp³-hybridized carbons (Fsp3) is 0.846. The molecule has 1 aliphatic rings. The molecule has 15 heavy (non-hydrogen) atoms. The topological polar surface area (TPSA) is 12.0 Å². The predicted molar refractivity (Wildman–Crippen MR) is 71.6 cm³/mol. The van der Waals surface area contributed by atoms with Crippen LogP contribution in [0.25, 0.3) is 0 Å². The third-order valence-corrected chi connectivity index (χ3v) is 4.63. The molecule has 0 radical (unpaired) electrons. The van der Waals surface area contributed by atoms with Gasteiger partial charge in [-0.2, -0.15) is 11.8 Å². The Morgan fingerprint density at radius 3 is 2.73 bits per heavy atom. The summed E-state index contributed by atoms with van der Waals surface area (Å²) >= 11 is 2.14. The minimum atomic E-state index is 0.423. The van der Waals surface area contributed by atoms with E-state index in [-0.39, 0.29) is 0 Å². The maximum atomic E-state index is 3.69. The van der Waals surface area contributed by atoms with Crippen LogP contribution in [0.5, 0.6) is 0 Å². The van der Waals surface area contributed by atoms with Crippen molar-refractivity contribution in [2.45, 2.75) is 57.7 Å². The lowest BCUT2D eigenvalue weighted by Gasteiger charge is -2.32. The molecule has 1 N–H and O–H groups in total. The lowest BCUT2D eigenvalue weighted by molar-refractivity contribution is 0.459. The highest BCUT2D eigenvalue weighted by molar-refractivity contribution is 8.00. The van der Waals surface area contributed by atoms with Crippen LogP contribution in [-0.2, 0) is 0 Å². The Kier molecular flexibility index (Phi) is 5.20. The summed E-state index contributed by atoms with van der Waals surface area (Å²) in [7, 11) is 0. The van der Waals surface area contributed by atoms with Crippen LogP contribution in [0.1, 0.15) is 47.0 Å². The summed E-state index contributed by atoms with van der Waals surface area (Å²) in [6.45, 7) is 10.2. The second-order valence-corrected chi connectivity index (χ2v) is 6.57.